The summed E-state index contributed by atoms with van der Waals surface area (Å²) in [6.45, 7) is 7.81. The maximum atomic E-state index is 12.1. The third-order valence-corrected chi connectivity index (χ3v) is 3.38. The van der Waals surface area contributed by atoms with Crippen molar-refractivity contribution in [3.63, 3.8) is 0 Å². The Hall–Kier alpha value is -1.52. The van der Waals surface area contributed by atoms with Gasteiger partial charge in [-0.2, -0.15) is 0 Å². The molecule has 2 rings (SSSR count). The zero-order valence-electron chi connectivity index (χ0n) is 12.0. The van der Waals surface area contributed by atoms with Crippen molar-refractivity contribution in [3.05, 3.63) is 11.8 Å². The minimum Gasteiger partial charge on any atom is -0.359 e. The summed E-state index contributed by atoms with van der Waals surface area (Å²) in [5.74, 6) is 1.28. The largest absolute Gasteiger partial charge is 0.359 e. The van der Waals surface area contributed by atoms with Crippen molar-refractivity contribution in [2.75, 3.05) is 18.4 Å². The third-order valence-electron chi connectivity index (χ3n) is 3.38. The van der Waals surface area contributed by atoms with Crippen molar-refractivity contribution in [1.29, 1.82) is 0 Å². The van der Waals surface area contributed by atoms with Crippen molar-refractivity contribution < 1.29 is 9.32 Å². The molecule has 1 fully saturated rings. The summed E-state index contributed by atoms with van der Waals surface area (Å²) in [6, 6.07) is 1.73. The van der Waals surface area contributed by atoms with Crippen LogP contribution < -0.4 is 5.32 Å². The minimum absolute atomic E-state index is 0.0735. The molecule has 0 aliphatic carbocycles. The van der Waals surface area contributed by atoms with Crippen LogP contribution in [0.1, 0.15) is 52.2 Å². The maximum Gasteiger partial charge on any atom is 0.323 e. The van der Waals surface area contributed by atoms with Crippen molar-refractivity contribution in [3.8, 4) is 0 Å². The minimum atomic E-state index is -0.0986. The van der Waals surface area contributed by atoms with E-state index in [1.165, 1.54) is 12.8 Å². The first-order valence-corrected chi connectivity index (χ1v) is 7.00. The fourth-order valence-corrected chi connectivity index (χ4v) is 2.15. The molecule has 19 heavy (non-hydrogen) atoms. The van der Waals surface area contributed by atoms with E-state index in [9.17, 15) is 4.79 Å². The molecule has 1 saturated heterocycles. The van der Waals surface area contributed by atoms with Gasteiger partial charge in [0.1, 0.15) is 5.76 Å². The Balaban J connectivity index is 1.96. The molecule has 0 unspecified atom stereocenters. The summed E-state index contributed by atoms with van der Waals surface area (Å²) >= 11 is 0. The summed E-state index contributed by atoms with van der Waals surface area (Å²) in [5, 5.41) is 6.72. The molecule has 5 nitrogen and oxygen atoms in total. The normalized spacial score (nSPS) is 17.1. The molecule has 1 N–H and O–H groups in total. The van der Waals surface area contributed by atoms with Gasteiger partial charge in [0.05, 0.1) is 0 Å². The highest BCUT2D eigenvalue weighted by molar-refractivity contribution is 5.88. The van der Waals surface area contributed by atoms with Crippen LogP contribution in [-0.2, 0) is 5.41 Å². The van der Waals surface area contributed by atoms with Crippen LogP contribution in [0.25, 0.3) is 0 Å². The Kier molecular flexibility index (Phi) is 4.12. The SMILES string of the molecule is CC(C)(C)c1cc(NC(=O)N2CCCCCC2)no1. The summed E-state index contributed by atoms with van der Waals surface area (Å²) in [6.07, 6.45) is 4.59. The Bertz CT molecular complexity index is 426. The Morgan fingerprint density at radius 2 is 1.89 bits per heavy atom. The lowest BCUT2D eigenvalue weighted by molar-refractivity contribution is 0.213. The molecule has 1 aromatic rings. The number of hydrogen-bond acceptors (Lipinski definition) is 3. The molecule has 0 radical (unpaired) electrons. The predicted octanol–water partition coefficient (Wildman–Crippen LogP) is 3.38. The summed E-state index contributed by atoms with van der Waals surface area (Å²) < 4.78 is 5.26. The third kappa shape index (κ3) is 3.72. The highest BCUT2D eigenvalue weighted by Crippen LogP contribution is 2.24. The van der Waals surface area contributed by atoms with Crippen molar-refractivity contribution in [2.45, 2.75) is 51.9 Å². The molecular weight excluding hydrogens is 242 g/mol. The zero-order valence-corrected chi connectivity index (χ0v) is 12.0. The van der Waals surface area contributed by atoms with E-state index < -0.39 is 0 Å². The van der Waals surface area contributed by atoms with Gasteiger partial charge in [-0.25, -0.2) is 4.79 Å². The first kappa shape index (κ1) is 13.9. The van der Waals surface area contributed by atoms with Crippen molar-refractivity contribution in [1.82, 2.24) is 10.1 Å². The Morgan fingerprint density at radius 3 is 2.42 bits per heavy atom. The van der Waals surface area contributed by atoms with Crippen LogP contribution in [0.2, 0.25) is 0 Å². The standard InChI is InChI=1S/C14H23N3O2/c1-14(2,3)11-10-12(16-19-11)15-13(18)17-8-6-4-5-7-9-17/h10H,4-9H2,1-3H3,(H,15,16,18). The number of anilines is 1. The molecule has 1 aliphatic rings. The van der Waals surface area contributed by atoms with Gasteiger partial charge in [-0.05, 0) is 12.8 Å². The lowest BCUT2D eigenvalue weighted by Crippen LogP contribution is -2.35. The second-order valence-electron chi connectivity index (χ2n) is 6.16. The number of carbonyl (C=O) groups is 1. The van der Waals surface area contributed by atoms with Crippen LogP contribution in [0.15, 0.2) is 10.6 Å². The first-order chi connectivity index (χ1) is 8.97. The van der Waals surface area contributed by atoms with Crippen molar-refractivity contribution in [2.24, 2.45) is 0 Å². The number of nitrogens with zero attached hydrogens (tertiary/aromatic N) is 2. The zero-order chi connectivity index (χ0) is 13.9. The monoisotopic (exact) mass is 265 g/mol. The van der Waals surface area contributed by atoms with Gasteiger partial charge in [-0.3, -0.25) is 5.32 Å². The van der Waals surface area contributed by atoms with Crippen LogP contribution in [-0.4, -0.2) is 29.2 Å². The number of likely N-dealkylation sites (tertiary alicyclic amines) is 1. The molecule has 0 aromatic carbocycles. The van der Waals surface area contributed by atoms with E-state index in [-0.39, 0.29) is 11.4 Å². The Morgan fingerprint density at radius 1 is 1.26 bits per heavy atom. The van der Waals surface area contributed by atoms with E-state index in [1.807, 2.05) is 25.7 Å². The second-order valence-corrected chi connectivity index (χ2v) is 6.16. The Labute approximate surface area is 114 Å². The van der Waals surface area contributed by atoms with Gasteiger partial charge in [0, 0.05) is 24.6 Å². The second kappa shape index (κ2) is 5.63. The molecule has 5 heteroatoms. The van der Waals surface area contributed by atoms with E-state index in [1.54, 1.807) is 6.07 Å². The fraction of sp³-hybridized carbons (Fsp3) is 0.714. The van der Waals surface area contributed by atoms with E-state index in [4.69, 9.17) is 4.52 Å². The highest BCUT2D eigenvalue weighted by Gasteiger charge is 2.21. The molecular formula is C14H23N3O2. The van der Waals surface area contributed by atoms with Gasteiger partial charge in [-0.1, -0.05) is 38.8 Å². The molecule has 106 valence electrons. The van der Waals surface area contributed by atoms with Gasteiger partial charge in [-0.15, -0.1) is 0 Å². The lowest BCUT2D eigenvalue weighted by Gasteiger charge is -2.19. The molecule has 0 saturated carbocycles. The number of urea groups is 1. The maximum absolute atomic E-state index is 12.1. The smallest absolute Gasteiger partial charge is 0.323 e. The molecule has 1 aliphatic heterocycles. The lowest BCUT2D eigenvalue weighted by atomic mass is 9.93. The van der Waals surface area contributed by atoms with Gasteiger partial charge in [0.2, 0.25) is 0 Å². The van der Waals surface area contributed by atoms with E-state index in [0.29, 0.717) is 5.82 Å². The van der Waals surface area contributed by atoms with Gasteiger partial charge in [0.25, 0.3) is 0 Å². The fourth-order valence-electron chi connectivity index (χ4n) is 2.15. The van der Waals surface area contributed by atoms with Crippen LogP contribution in [0.3, 0.4) is 0 Å². The van der Waals surface area contributed by atoms with Crippen LogP contribution >= 0.6 is 0 Å². The number of amides is 2. The number of hydrogen-bond donors (Lipinski definition) is 1. The number of rotatable bonds is 1. The molecule has 0 spiro atoms. The van der Waals surface area contributed by atoms with E-state index >= 15 is 0 Å². The number of aromatic nitrogens is 1. The first-order valence-electron chi connectivity index (χ1n) is 7.00. The molecule has 0 bridgehead atoms. The molecule has 2 heterocycles. The quantitative estimate of drug-likeness (QED) is 0.846. The van der Waals surface area contributed by atoms with E-state index in [2.05, 4.69) is 10.5 Å². The average Bonchev–Trinajstić information content (AvgIpc) is 2.63. The van der Waals surface area contributed by atoms with Crippen LogP contribution in [0.5, 0.6) is 0 Å². The number of nitrogens with one attached hydrogen (secondary N) is 1. The summed E-state index contributed by atoms with van der Waals surface area (Å²) in [7, 11) is 0. The summed E-state index contributed by atoms with van der Waals surface area (Å²) in [4.78, 5) is 14.0. The van der Waals surface area contributed by atoms with Crippen LogP contribution in [0.4, 0.5) is 10.6 Å². The van der Waals surface area contributed by atoms with Crippen molar-refractivity contribution >= 4 is 11.8 Å². The van der Waals surface area contributed by atoms with Gasteiger partial charge in [0.15, 0.2) is 5.82 Å². The molecule has 2 amide bonds. The van der Waals surface area contributed by atoms with Gasteiger partial charge < -0.3 is 9.42 Å². The number of carbonyl (C=O) groups excluding carboxylic acids is 1. The molecule has 0 atom stereocenters. The topological polar surface area (TPSA) is 58.4 Å². The molecule has 1 aromatic heterocycles. The van der Waals surface area contributed by atoms with E-state index in [0.717, 1.165) is 31.7 Å². The highest BCUT2D eigenvalue weighted by atomic mass is 16.5. The average molecular weight is 265 g/mol. The van der Waals surface area contributed by atoms with Gasteiger partial charge >= 0.3 is 6.03 Å². The summed E-state index contributed by atoms with van der Waals surface area (Å²) in [5.41, 5.74) is -0.0986. The van der Waals surface area contributed by atoms with Crippen LogP contribution in [0, 0.1) is 0 Å². The predicted molar refractivity (Wildman–Crippen MR) is 74.3 cm³/mol.